The first-order valence-corrected chi connectivity index (χ1v) is 4.69. The average molecular weight is 192 g/mol. The van der Waals surface area contributed by atoms with Gasteiger partial charge in [-0.05, 0) is 30.9 Å². The van der Waals surface area contributed by atoms with E-state index in [1.54, 1.807) is 12.1 Å². The maximum absolute atomic E-state index is 10.6. The van der Waals surface area contributed by atoms with Crippen molar-refractivity contribution in [2.24, 2.45) is 5.92 Å². The topological polar surface area (TPSA) is 62.2 Å². The molecule has 0 atom stereocenters. The van der Waals surface area contributed by atoms with E-state index in [1.807, 2.05) is 0 Å². The minimum atomic E-state index is -0.986. The summed E-state index contributed by atoms with van der Waals surface area (Å²) in [7, 11) is 0. The van der Waals surface area contributed by atoms with Crippen LogP contribution in [-0.4, -0.2) is 22.6 Å². The molecule has 1 aliphatic rings. The number of aromatic carboxylic acids is 1. The number of nitrogens with one attached hydrogen (secondary N) is 1. The molecule has 1 aromatic rings. The first kappa shape index (κ1) is 8.99. The summed E-state index contributed by atoms with van der Waals surface area (Å²) in [6.07, 6.45) is 4.08. The van der Waals surface area contributed by atoms with Crippen LogP contribution in [0.15, 0.2) is 18.3 Å². The molecule has 0 amide bonds. The second-order valence-corrected chi connectivity index (χ2v) is 3.56. The zero-order valence-corrected chi connectivity index (χ0v) is 7.73. The molecule has 1 heterocycles. The van der Waals surface area contributed by atoms with Crippen LogP contribution in [0.3, 0.4) is 0 Å². The smallest absolute Gasteiger partial charge is 0.354 e. The van der Waals surface area contributed by atoms with Gasteiger partial charge in [-0.25, -0.2) is 9.78 Å². The van der Waals surface area contributed by atoms with Crippen molar-refractivity contribution >= 4 is 11.7 Å². The minimum absolute atomic E-state index is 0.0887. The zero-order valence-electron chi connectivity index (χ0n) is 7.73. The first-order chi connectivity index (χ1) is 6.75. The van der Waals surface area contributed by atoms with Crippen molar-refractivity contribution < 1.29 is 9.90 Å². The Hall–Kier alpha value is -1.58. The summed E-state index contributed by atoms with van der Waals surface area (Å²) < 4.78 is 0. The molecule has 0 spiro atoms. The van der Waals surface area contributed by atoms with Gasteiger partial charge in [0.05, 0.1) is 0 Å². The van der Waals surface area contributed by atoms with Crippen LogP contribution < -0.4 is 5.32 Å². The molecule has 1 aromatic heterocycles. The maximum Gasteiger partial charge on any atom is 0.354 e. The molecule has 4 nitrogen and oxygen atoms in total. The number of carbonyl (C=O) groups is 1. The molecule has 14 heavy (non-hydrogen) atoms. The summed E-state index contributed by atoms with van der Waals surface area (Å²) in [5.74, 6) is -0.212. The number of pyridine rings is 1. The molecule has 1 aliphatic carbocycles. The SMILES string of the molecule is O=C(O)c1cc(NCC2CC2)ccn1. The van der Waals surface area contributed by atoms with Gasteiger partial charge in [-0.15, -0.1) is 0 Å². The summed E-state index contributed by atoms with van der Waals surface area (Å²) in [4.78, 5) is 14.4. The van der Waals surface area contributed by atoms with E-state index >= 15 is 0 Å². The predicted octanol–water partition coefficient (Wildman–Crippen LogP) is 1.60. The van der Waals surface area contributed by atoms with Crippen LogP contribution in [0.2, 0.25) is 0 Å². The lowest BCUT2D eigenvalue weighted by atomic mass is 10.3. The molecule has 0 radical (unpaired) electrons. The number of carboxylic acids is 1. The third kappa shape index (κ3) is 2.22. The van der Waals surface area contributed by atoms with Gasteiger partial charge >= 0.3 is 5.97 Å². The second-order valence-electron chi connectivity index (χ2n) is 3.56. The fourth-order valence-corrected chi connectivity index (χ4v) is 1.24. The van der Waals surface area contributed by atoms with Crippen molar-refractivity contribution in [3.63, 3.8) is 0 Å². The lowest BCUT2D eigenvalue weighted by Crippen LogP contribution is -2.05. The maximum atomic E-state index is 10.6. The molecule has 1 fully saturated rings. The van der Waals surface area contributed by atoms with E-state index < -0.39 is 5.97 Å². The molecule has 0 bridgehead atoms. The van der Waals surface area contributed by atoms with Gasteiger partial charge in [-0.1, -0.05) is 0 Å². The van der Waals surface area contributed by atoms with Crippen molar-refractivity contribution in [2.45, 2.75) is 12.8 Å². The normalized spacial score (nSPS) is 15.1. The highest BCUT2D eigenvalue weighted by molar-refractivity contribution is 5.86. The Labute approximate surface area is 82.0 Å². The van der Waals surface area contributed by atoms with Crippen molar-refractivity contribution in [2.75, 3.05) is 11.9 Å². The lowest BCUT2D eigenvalue weighted by Gasteiger charge is -2.04. The summed E-state index contributed by atoms with van der Waals surface area (Å²) in [5.41, 5.74) is 0.926. The summed E-state index contributed by atoms with van der Waals surface area (Å²) in [6, 6.07) is 3.35. The quantitative estimate of drug-likeness (QED) is 0.760. The standard InChI is InChI=1S/C10H12N2O2/c13-10(14)9-5-8(3-4-11-9)12-6-7-1-2-7/h3-5,7H,1-2,6H2,(H,11,12)(H,13,14). The number of hydrogen-bond donors (Lipinski definition) is 2. The third-order valence-corrected chi connectivity index (χ3v) is 2.27. The van der Waals surface area contributed by atoms with Crippen LogP contribution in [0.5, 0.6) is 0 Å². The molecule has 74 valence electrons. The first-order valence-electron chi connectivity index (χ1n) is 4.69. The molecule has 0 aromatic carbocycles. The van der Waals surface area contributed by atoms with Crippen molar-refractivity contribution in [1.29, 1.82) is 0 Å². The molecule has 0 saturated heterocycles. The molecule has 4 heteroatoms. The fourth-order valence-electron chi connectivity index (χ4n) is 1.24. The lowest BCUT2D eigenvalue weighted by molar-refractivity contribution is 0.0690. The van der Waals surface area contributed by atoms with E-state index in [4.69, 9.17) is 5.11 Å². The van der Waals surface area contributed by atoms with Crippen LogP contribution in [0, 0.1) is 5.92 Å². The molecular formula is C10H12N2O2. The van der Waals surface area contributed by atoms with Crippen molar-refractivity contribution in [3.8, 4) is 0 Å². The van der Waals surface area contributed by atoms with E-state index in [1.165, 1.54) is 19.0 Å². The van der Waals surface area contributed by atoms with Crippen molar-refractivity contribution in [3.05, 3.63) is 24.0 Å². The van der Waals surface area contributed by atoms with Gasteiger partial charge in [0.15, 0.2) is 0 Å². The van der Waals surface area contributed by atoms with E-state index in [-0.39, 0.29) is 5.69 Å². The Morgan fingerprint density at radius 2 is 2.43 bits per heavy atom. The highest BCUT2D eigenvalue weighted by Gasteiger charge is 2.20. The Morgan fingerprint density at radius 1 is 1.64 bits per heavy atom. The number of carboxylic acid groups (broad SMARTS) is 1. The summed E-state index contributed by atoms with van der Waals surface area (Å²) in [6.45, 7) is 0.934. The van der Waals surface area contributed by atoms with E-state index in [0.717, 1.165) is 18.2 Å². The van der Waals surface area contributed by atoms with Gasteiger partial charge in [0.2, 0.25) is 0 Å². The van der Waals surface area contributed by atoms with Crippen LogP contribution in [0.1, 0.15) is 23.3 Å². The third-order valence-electron chi connectivity index (χ3n) is 2.27. The van der Waals surface area contributed by atoms with Gasteiger partial charge in [0.1, 0.15) is 5.69 Å². The molecule has 0 unspecified atom stereocenters. The van der Waals surface area contributed by atoms with Crippen LogP contribution in [0.25, 0.3) is 0 Å². The van der Waals surface area contributed by atoms with Gasteiger partial charge in [0, 0.05) is 18.4 Å². The molecule has 2 N–H and O–H groups in total. The molecule has 0 aliphatic heterocycles. The van der Waals surface area contributed by atoms with Crippen molar-refractivity contribution in [1.82, 2.24) is 4.98 Å². The molecular weight excluding hydrogens is 180 g/mol. The van der Waals surface area contributed by atoms with E-state index in [0.29, 0.717) is 0 Å². The monoisotopic (exact) mass is 192 g/mol. The Balaban J connectivity index is 2.01. The minimum Gasteiger partial charge on any atom is -0.477 e. The number of rotatable bonds is 4. The van der Waals surface area contributed by atoms with Crippen LogP contribution in [0.4, 0.5) is 5.69 Å². The summed E-state index contributed by atoms with van der Waals surface area (Å²) >= 11 is 0. The number of aromatic nitrogens is 1. The van der Waals surface area contributed by atoms with Gasteiger partial charge in [-0.3, -0.25) is 0 Å². The number of hydrogen-bond acceptors (Lipinski definition) is 3. The highest BCUT2D eigenvalue weighted by atomic mass is 16.4. The number of nitrogens with zero attached hydrogens (tertiary/aromatic N) is 1. The van der Waals surface area contributed by atoms with Gasteiger partial charge < -0.3 is 10.4 Å². The van der Waals surface area contributed by atoms with Gasteiger partial charge in [-0.2, -0.15) is 0 Å². The Bertz CT molecular complexity index is 348. The number of anilines is 1. The van der Waals surface area contributed by atoms with E-state index in [2.05, 4.69) is 10.3 Å². The average Bonchev–Trinajstić information content (AvgIpc) is 2.99. The van der Waals surface area contributed by atoms with E-state index in [9.17, 15) is 4.79 Å². The fraction of sp³-hybridized carbons (Fsp3) is 0.400. The second kappa shape index (κ2) is 3.65. The Kier molecular flexibility index (Phi) is 2.35. The largest absolute Gasteiger partial charge is 0.477 e. The Morgan fingerprint density at radius 3 is 3.07 bits per heavy atom. The molecule has 1 saturated carbocycles. The van der Waals surface area contributed by atoms with Crippen LogP contribution >= 0.6 is 0 Å². The highest BCUT2D eigenvalue weighted by Crippen LogP contribution is 2.28. The predicted molar refractivity (Wildman–Crippen MR) is 52.4 cm³/mol. The zero-order chi connectivity index (χ0) is 9.97. The summed E-state index contributed by atoms with van der Waals surface area (Å²) in [5, 5.41) is 11.9. The van der Waals surface area contributed by atoms with Crippen LogP contribution in [-0.2, 0) is 0 Å². The van der Waals surface area contributed by atoms with Gasteiger partial charge in [0.25, 0.3) is 0 Å². The molecule has 2 rings (SSSR count).